The molecule has 3 rings (SSSR count). The van der Waals surface area contributed by atoms with Gasteiger partial charge in [-0.25, -0.2) is 0 Å². The summed E-state index contributed by atoms with van der Waals surface area (Å²) < 4.78 is 6.96. The van der Waals surface area contributed by atoms with Crippen LogP contribution in [-0.4, -0.2) is 17.6 Å². The Morgan fingerprint density at radius 2 is 1.96 bits per heavy atom. The Hall–Kier alpha value is -3.26. The van der Waals surface area contributed by atoms with Crippen LogP contribution in [0.5, 0.6) is 5.75 Å². The molecule has 5 heteroatoms. The molecule has 1 N–H and O–H groups in total. The smallest absolute Gasteiger partial charge is 0.240 e. The first-order chi connectivity index (χ1) is 12.1. The Kier molecular flexibility index (Phi) is 4.71. The molecule has 0 bridgehead atoms. The molecular formula is C20H19N3O2. The normalized spacial score (nSPS) is 11.7. The van der Waals surface area contributed by atoms with E-state index in [2.05, 4.69) is 11.4 Å². The zero-order chi connectivity index (χ0) is 17.8. The van der Waals surface area contributed by atoms with Crippen molar-refractivity contribution in [1.29, 1.82) is 5.26 Å². The number of carbonyl (C=O) groups excluding carboxylic acids is 1. The number of hydrogen-bond donors (Lipinski definition) is 1. The number of carbonyl (C=O) groups is 1. The van der Waals surface area contributed by atoms with E-state index in [1.807, 2.05) is 60.0 Å². The molecule has 0 aliphatic heterocycles. The molecule has 1 aromatic heterocycles. The van der Waals surface area contributed by atoms with Crippen LogP contribution < -0.4 is 10.1 Å². The molecule has 5 nitrogen and oxygen atoms in total. The highest BCUT2D eigenvalue weighted by Gasteiger charge is 2.13. The summed E-state index contributed by atoms with van der Waals surface area (Å²) in [6.45, 7) is 2.11. The Morgan fingerprint density at radius 1 is 1.24 bits per heavy atom. The van der Waals surface area contributed by atoms with Gasteiger partial charge >= 0.3 is 0 Å². The van der Waals surface area contributed by atoms with Gasteiger partial charge in [0, 0.05) is 17.1 Å². The zero-order valence-electron chi connectivity index (χ0n) is 14.2. The van der Waals surface area contributed by atoms with Crippen molar-refractivity contribution in [2.45, 2.75) is 19.5 Å². The molecule has 0 unspecified atom stereocenters. The second-order valence-corrected chi connectivity index (χ2v) is 5.86. The summed E-state index contributed by atoms with van der Waals surface area (Å²) in [4.78, 5) is 12.4. The maximum atomic E-state index is 12.4. The number of nitrogens with one attached hydrogen (secondary N) is 1. The van der Waals surface area contributed by atoms with Gasteiger partial charge in [0.25, 0.3) is 0 Å². The summed E-state index contributed by atoms with van der Waals surface area (Å²) in [5.41, 5.74) is 2.46. The number of ether oxygens (including phenoxy) is 1. The molecule has 25 heavy (non-hydrogen) atoms. The van der Waals surface area contributed by atoms with Crippen molar-refractivity contribution >= 4 is 16.8 Å². The summed E-state index contributed by atoms with van der Waals surface area (Å²) in [5.74, 6) is 0.679. The van der Waals surface area contributed by atoms with Gasteiger partial charge in [-0.2, -0.15) is 5.26 Å². The average molecular weight is 333 g/mol. The van der Waals surface area contributed by atoms with Gasteiger partial charge in [-0.05, 0) is 30.7 Å². The Balaban J connectivity index is 1.73. The van der Waals surface area contributed by atoms with Gasteiger partial charge in [0.1, 0.15) is 18.4 Å². The molecule has 0 aliphatic rings. The summed E-state index contributed by atoms with van der Waals surface area (Å²) in [5, 5.41) is 13.1. The van der Waals surface area contributed by atoms with Gasteiger partial charge in [-0.15, -0.1) is 0 Å². The van der Waals surface area contributed by atoms with Crippen LogP contribution in [0.3, 0.4) is 0 Å². The van der Waals surface area contributed by atoms with Crippen molar-refractivity contribution in [2.24, 2.45) is 0 Å². The number of benzene rings is 2. The number of fused-ring (bicyclic) bond motifs is 1. The molecule has 2 aromatic carbocycles. The highest BCUT2D eigenvalue weighted by molar-refractivity contribution is 5.88. The summed E-state index contributed by atoms with van der Waals surface area (Å²) in [6.07, 6.45) is 1.72. The second-order valence-electron chi connectivity index (χ2n) is 5.86. The lowest BCUT2D eigenvalue weighted by Gasteiger charge is -2.15. The minimum Gasteiger partial charge on any atom is -0.497 e. The topological polar surface area (TPSA) is 67.0 Å². The van der Waals surface area contributed by atoms with E-state index in [1.54, 1.807) is 13.3 Å². The van der Waals surface area contributed by atoms with Gasteiger partial charge in [-0.3, -0.25) is 4.79 Å². The highest BCUT2D eigenvalue weighted by atomic mass is 16.5. The molecule has 0 fully saturated rings. The minimum absolute atomic E-state index is 0.103. The van der Waals surface area contributed by atoms with E-state index >= 15 is 0 Å². The number of amides is 1. The number of para-hydroxylation sites is 1. The first-order valence-corrected chi connectivity index (χ1v) is 8.03. The number of nitrogens with zero attached hydrogens (tertiary/aromatic N) is 2. The maximum absolute atomic E-state index is 12.4. The van der Waals surface area contributed by atoms with Crippen LogP contribution >= 0.6 is 0 Å². The van der Waals surface area contributed by atoms with Crippen molar-refractivity contribution in [3.05, 3.63) is 65.9 Å². The van der Waals surface area contributed by atoms with Gasteiger partial charge < -0.3 is 14.6 Å². The highest BCUT2D eigenvalue weighted by Crippen LogP contribution is 2.21. The monoisotopic (exact) mass is 333 g/mol. The van der Waals surface area contributed by atoms with Crippen LogP contribution in [0.1, 0.15) is 24.1 Å². The number of nitriles is 1. The molecule has 3 aromatic rings. The molecule has 0 spiro atoms. The fourth-order valence-corrected chi connectivity index (χ4v) is 2.88. The lowest BCUT2D eigenvalue weighted by molar-refractivity contribution is -0.122. The minimum atomic E-state index is -0.115. The standard InChI is InChI=1S/C20H19N3O2/c1-14(15-7-9-17(25-2)10-8-15)22-20(24)13-23-12-16(11-21)18-5-3-4-6-19(18)23/h3-10,12,14H,13H2,1-2H3,(H,22,24)/t14-/m1/s1. The lowest BCUT2D eigenvalue weighted by Crippen LogP contribution is -2.29. The van der Waals surface area contributed by atoms with E-state index in [9.17, 15) is 10.1 Å². The Morgan fingerprint density at radius 3 is 2.64 bits per heavy atom. The summed E-state index contributed by atoms with van der Waals surface area (Å²) in [6, 6.07) is 17.3. The van der Waals surface area contributed by atoms with Gasteiger partial charge in [0.05, 0.1) is 18.7 Å². The molecule has 0 aliphatic carbocycles. The average Bonchev–Trinajstić information content (AvgIpc) is 2.99. The third kappa shape index (κ3) is 3.48. The molecule has 1 atom stereocenters. The molecule has 1 heterocycles. The van der Waals surface area contributed by atoms with E-state index in [0.717, 1.165) is 22.2 Å². The van der Waals surface area contributed by atoms with Crippen molar-refractivity contribution in [3.8, 4) is 11.8 Å². The van der Waals surface area contributed by atoms with Gasteiger partial charge in [-0.1, -0.05) is 30.3 Å². The van der Waals surface area contributed by atoms with Crippen molar-refractivity contribution in [2.75, 3.05) is 7.11 Å². The number of rotatable bonds is 5. The van der Waals surface area contributed by atoms with Crippen molar-refractivity contribution in [1.82, 2.24) is 9.88 Å². The Labute approximate surface area is 146 Å². The van der Waals surface area contributed by atoms with Crippen LogP contribution in [0.25, 0.3) is 10.9 Å². The van der Waals surface area contributed by atoms with Crippen LogP contribution in [0.4, 0.5) is 0 Å². The SMILES string of the molecule is COc1ccc([C@@H](C)NC(=O)Cn2cc(C#N)c3ccccc32)cc1. The zero-order valence-corrected chi connectivity index (χ0v) is 14.2. The van der Waals surface area contributed by atoms with Gasteiger partial charge in [0.2, 0.25) is 5.91 Å². The third-order valence-electron chi connectivity index (χ3n) is 4.22. The van der Waals surface area contributed by atoms with E-state index in [1.165, 1.54) is 0 Å². The van der Waals surface area contributed by atoms with E-state index < -0.39 is 0 Å². The van der Waals surface area contributed by atoms with Crippen LogP contribution in [-0.2, 0) is 11.3 Å². The predicted molar refractivity (Wildman–Crippen MR) is 96.2 cm³/mol. The second kappa shape index (κ2) is 7.10. The van der Waals surface area contributed by atoms with E-state index in [-0.39, 0.29) is 18.5 Å². The number of aromatic nitrogens is 1. The van der Waals surface area contributed by atoms with Crippen LogP contribution in [0.15, 0.2) is 54.7 Å². The maximum Gasteiger partial charge on any atom is 0.240 e. The molecule has 0 radical (unpaired) electrons. The fraction of sp³-hybridized carbons (Fsp3) is 0.200. The number of hydrogen-bond acceptors (Lipinski definition) is 3. The largest absolute Gasteiger partial charge is 0.497 e. The molecular weight excluding hydrogens is 314 g/mol. The summed E-state index contributed by atoms with van der Waals surface area (Å²) >= 11 is 0. The van der Waals surface area contributed by atoms with Crippen LogP contribution in [0, 0.1) is 11.3 Å². The van der Waals surface area contributed by atoms with Gasteiger partial charge in [0.15, 0.2) is 0 Å². The first kappa shape index (κ1) is 16.6. The van der Waals surface area contributed by atoms with Crippen molar-refractivity contribution in [3.63, 3.8) is 0 Å². The molecule has 126 valence electrons. The van der Waals surface area contributed by atoms with Crippen LogP contribution in [0.2, 0.25) is 0 Å². The van der Waals surface area contributed by atoms with Crippen molar-refractivity contribution < 1.29 is 9.53 Å². The first-order valence-electron chi connectivity index (χ1n) is 8.03. The molecule has 1 amide bonds. The predicted octanol–water partition coefficient (Wildman–Crippen LogP) is 3.40. The lowest BCUT2D eigenvalue weighted by atomic mass is 10.1. The fourth-order valence-electron chi connectivity index (χ4n) is 2.88. The molecule has 0 saturated carbocycles. The number of methoxy groups -OCH3 is 1. The summed E-state index contributed by atoms with van der Waals surface area (Å²) in [7, 11) is 1.62. The van der Waals surface area contributed by atoms with E-state index in [0.29, 0.717) is 5.56 Å². The third-order valence-corrected chi connectivity index (χ3v) is 4.22. The van der Waals surface area contributed by atoms with E-state index in [4.69, 9.17) is 4.74 Å². The quantitative estimate of drug-likeness (QED) is 0.778. The molecule has 0 saturated heterocycles. The Bertz CT molecular complexity index is 936.